The molecule has 0 aromatic carbocycles. The molecule has 0 heterocycles. The van der Waals surface area contributed by atoms with Gasteiger partial charge in [-0.15, -0.1) is 0 Å². The fourth-order valence-electron chi connectivity index (χ4n) is 0.566. The van der Waals surface area contributed by atoms with Crippen molar-refractivity contribution in [2.24, 2.45) is 5.73 Å². The van der Waals surface area contributed by atoms with Crippen LogP contribution in [-0.2, 0) is 9.53 Å². The molecule has 0 aliphatic heterocycles. The summed E-state index contributed by atoms with van der Waals surface area (Å²) < 4.78 is 75.3. The molecular formula is C9H17F6NO2. The van der Waals surface area contributed by atoms with Gasteiger partial charge in [-0.25, -0.2) is 0 Å². The van der Waals surface area contributed by atoms with E-state index in [2.05, 4.69) is 10.5 Å². The number of hydrogen-bond donors (Lipinski definition) is 1. The zero-order valence-electron chi connectivity index (χ0n) is 10.7. The van der Waals surface area contributed by atoms with Crippen molar-refractivity contribution in [2.45, 2.75) is 45.6 Å². The Labute approximate surface area is 101 Å². The number of hydrogen-bond acceptors (Lipinski definition) is 2. The molecular weight excluding hydrogens is 268 g/mol. The molecule has 0 aliphatic rings. The molecule has 1 amide bonds. The number of nitrogens with two attached hydrogens (primary N) is 1. The largest absolute Gasteiger partial charge is 0.460 e. The smallest absolute Gasteiger partial charge is 0.364 e. The summed E-state index contributed by atoms with van der Waals surface area (Å²) in [5, 5.41) is 0. The van der Waals surface area contributed by atoms with E-state index in [9.17, 15) is 31.1 Å². The van der Waals surface area contributed by atoms with Crippen molar-refractivity contribution in [2.75, 3.05) is 7.11 Å². The predicted octanol–water partition coefficient (Wildman–Crippen LogP) is 3.03. The highest BCUT2D eigenvalue weighted by atomic mass is 19.4. The molecule has 0 aromatic heterocycles. The topological polar surface area (TPSA) is 52.3 Å². The molecule has 0 bridgehead atoms. The normalized spacial score (nSPS) is 14.4. The van der Waals surface area contributed by atoms with Crippen molar-refractivity contribution in [3.05, 3.63) is 0 Å². The summed E-state index contributed by atoms with van der Waals surface area (Å²) in [7, 11) is 0.171. The summed E-state index contributed by atoms with van der Waals surface area (Å²) in [5.74, 6) is -13.5. The summed E-state index contributed by atoms with van der Waals surface area (Å²) in [6.45, 7) is 8.00. The molecule has 112 valence electrons. The monoisotopic (exact) mass is 285 g/mol. The number of alkyl halides is 6. The van der Waals surface area contributed by atoms with E-state index in [4.69, 9.17) is 0 Å². The van der Waals surface area contributed by atoms with Crippen LogP contribution in [0.1, 0.15) is 27.7 Å². The quantitative estimate of drug-likeness (QED) is 0.810. The van der Waals surface area contributed by atoms with E-state index in [-0.39, 0.29) is 7.11 Å². The molecule has 0 spiro atoms. The lowest BCUT2D eigenvalue weighted by molar-refractivity contribution is -0.364. The summed E-state index contributed by atoms with van der Waals surface area (Å²) in [6.07, 6.45) is -6.27. The minimum Gasteiger partial charge on any atom is -0.364 e. The third-order valence-corrected chi connectivity index (χ3v) is 1.36. The molecule has 0 aromatic rings. The second-order valence-corrected chi connectivity index (χ2v) is 2.24. The van der Waals surface area contributed by atoms with Crippen molar-refractivity contribution in [1.29, 1.82) is 0 Å². The van der Waals surface area contributed by atoms with Gasteiger partial charge in [0.2, 0.25) is 0 Å². The van der Waals surface area contributed by atoms with E-state index in [0.29, 0.717) is 0 Å². The maximum absolute atomic E-state index is 12.8. The summed E-state index contributed by atoms with van der Waals surface area (Å²) in [4.78, 5) is 10.1. The molecule has 0 saturated heterocycles. The average molecular weight is 285 g/mol. The zero-order chi connectivity index (χ0) is 15.8. The van der Waals surface area contributed by atoms with Gasteiger partial charge in [0.1, 0.15) is 0 Å². The first-order valence-corrected chi connectivity index (χ1v) is 4.99. The molecule has 9 heteroatoms. The highest BCUT2D eigenvalue weighted by Crippen LogP contribution is 2.45. The summed E-state index contributed by atoms with van der Waals surface area (Å²) >= 11 is 0. The Morgan fingerprint density at radius 2 is 1.22 bits per heavy atom. The van der Waals surface area contributed by atoms with Gasteiger partial charge >= 0.3 is 18.0 Å². The third kappa shape index (κ3) is 4.35. The van der Waals surface area contributed by atoms with E-state index in [0.717, 1.165) is 0 Å². The molecule has 18 heavy (non-hydrogen) atoms. The second-order valence-electron chi connectivity index (χ2n) is 2.24. The molecule has 0 rings (SSSR count). The van der Waals surface area contributed by atoms with Crippen LogP contribution in [0.5, 0.6) is 0 Å². The van der Waals surface area contributed by atoms with Gasteiger partial charge in [0.05, 0.1) is 0 Å². The Bertz CT molecular complexity index is 244. The van der Waals surface area contributed by atoms with Crippen LogP contribution >= 0.6 is 0 Å². The number of methoxy groups -OCH3 is 1. The molecule has 1 atom stereocenters. The van der Waals surface area contributed by atoms with Crippen molar-refractivity contribution < 1.29 is 35.9 Å². The van der Waals surface area contributed by atoms with Gasteiger partial charge in [0.25, 0.3) is 5.91 Å². The zero-order valence-corrected chi connectivity index (χ0v) is 10.7. The first-order chi connectivity index (χ1) is 8.00. The van der Waals surface area contributed by atoms with Crippen LogP contribution in [0.4, 0.5) is 26.3 Å². The van der Waals surface area contributed by atoms with Crippen LogP contribution in [0.2, 0.25) is 0 Å². The maximum atomic E-state index is 12.8. The number of rotatable bonds is 3. The molecule has 3 nitrogen and oxygen atoms in total. The minimum absolute atomic E-state index is 0.171. The number of halogens is 6. The number of carbonyl (C=O) groups excluding carboxylic acids is 1. The van der Waals surface area contributed by atoms with Crippen molar-refractivity contribution >= 4 is 5.91 Å². The third-order valence-electron chi connectivity index (χ3n) is 1.36. The molecule has 0 radical (unpaired) electrons. The van der Waals surface area contributed by atoms with Crippen molar-refractivity contribution in [1.82, 2.24) is 0 Å². The van der Waals surface area contributed by atoms with Gasteiger partial charge in [-0.1, -0.05) is 27.7 Å². The lowest BCUT2D eigenvalue weighted by Crippen LogP contribution is -2.62. The molecule has 0 aliphatic carbocycles. The standard InChI is InChI=1S/C5H5F6NO2.2C2H6/c1-14-3(6,2(12)13)4(7,8)5(9,10)11;2*1-2/h1H3,(H2,12,13);2*1-2H3. The lowest BCUT2D eigenvalue weighted by atomic mass is 10.1. The Morgan fingerprint density at radius 1 is 0.944 bits per heavy atom. The SMILES string of the molecule is CC.CC.COC(F)(C(N)=O)C(F)(F)C(F)(F)F. The Kier molecular flexibility index (Phi) is 10.1. The van der Waals surface area contributed by atoms with Gasteiger partial charge in [0.15, 0.2) is 0 Å². The van der Waals surface area contributed by atoms with Crippen molar-refractivity contribution in [3.8, 4) is 0 Å². The van der Waals surface area contributed by atoms with Crippen LogP contribution in [0.15, 0.2) is 0 Å². The van der Waals surface area contributed by atoms with E-state index in [1.54, 1.807) is 0 Å². The highest BCUT2D eigenvalue weighted by molar-refractivity contribution is 5.83. The fourth-order valence-corrected chi connectivity index (χ4v) is 0.566. The molecule has 1 unspecified atom stereocenters. The van der Waals surface area contributed by atoms with E-state index in [1.165, 1.54) is 0 Å². The Balaban J connectivity index is -0.000000506. The number of amides is 1. The summed E-state index contributed by atoms with van der Waals surface area (Å²) in [6, 6.07) is 0. The Hall–Kier alpha value is -0.990. The van der Waals surface area contributed by atoms with Gasteiger partial charge in [0, 0.05) is 7.11 Å². The molecule has 0 saturated carbocycles. The second kappa shape index (κ2) is 8.17. The van der Waals surface area contributed by atoms with Crippen LogP contribution in [0, 0.1) is 0 Å². The first kappa shape index (κ1) is 22.2. The minimum atomic E-state index is -6.27. The van der Waals surface area contributed by atoms with E-state index in [1.807, 2.05) is 27.7 Å². The fraction of sp³-hybridized carbons (Fsp3) is 0.889. The first-order valence-electron chi connectivity index (χ1n) is 4.99. The van der Waals surface area contributed by atoms with Gasteiger partial charge in [-0.2, -0.15) is 26.3 Å². The van der Waals surface area contributed by atoms with Crippen molar-refractivity contribution in [3.63, 3.8) is 0 Å². The number of carbonyl (C=O) groups is 1. The van der Waals surface area contributed by atoms with Gasteiger partial charge in [-0.05, 0) is 0 Å². The van der Waals surface area contributed by atoms with Gasteiger partial charge in [-0.3, -0.25) is 4.79 Å². The van der Waals surface area contributed by atoms with Crippen LogP contribution in [-0.4, -0.2) is 31.0 Å². The molecule has 2 N–H and O–H groups in total. The number of ether oxygens (including phenoxy) is 1. The van der Waals surface area contributed by atoms with Crippen LogP contribution < -0.4 is 5.73 Å². The summed E-state index contributed by atoms with van der Waals surface area (Å²) in [5.41, 5.74) is 4.05. The maximum Gasteiger partial charge on any atom is 0.460 e. The number of primary amides is 1. The van der Waals surface area contributed by atoms with Gasteiger partial charge < -0.3 is 10.5 Å². The Morgan fingerprint density at radius 3 is 1.28 bits per heavy atom. The molecule has 0 fully saturated rings. The van der Waals surface area contributed by atoms with Crippen LogP contribution in [0.25, 0.3) is 0 Å². The lowest BCUT2D eigenvalue weighted by Gasteiger charge is -2.30. The van der Waals surface area contributed by atoms with E-state index < -0.39 is 23.9 Å². The van der Waals surface area contributed by atoms with Crippen LogP contribution in [0.3, 0.4) is 0 Å². The highest BCUT2D eigenvalue weighted by Gasteiger charge is 2.75. The predicted molar refractivity (Wildman–Crippen MR) is 53.7 cm³/mol. The van der Waals surface area contributed by atoms with E-state index >= 15 is 0 Å². The average Bonchev–Trinajstić information content (AvgIpc) is 2.31.